The first-order chi connectivity index (χ1) is 5.56. The van der Waals surface area contributed by atoms with E-state index in [2.05, 4.69) is 0 Å². The van der Waals surface area contributed by atoms with Crippen LogP contribution in [0.15, 0.2) is 12.2 Å². The van der Waals surface area contributed by atoms with E-state index < -0.39 is 12.6 Å². The summed E-state index contributed by atoms with van der Waals surface area (Å²) in [6.45, 7) is 2.04. The summed E-state index contributed by atoms with van der Waals surface area (Å²) in [4.78, 5) is 0. The minimum atomic E-state index is -3.99. The maximum atomic E-state index is 11.6. The van der Waals surface area contributed by atoms with Crippen LogP contribution in [0.25, 0.3) is 0 Å². The van der Waals surface area contributed by atoms with Crippen molar-refractivity contribution >= 4 is 0 Å². The minimum absolute atomic E-state index is 0.212. The van der Waals surface area contributed by atoms with E-state index >= 15 is 0 Å². The molecule has 0 spiro atoms. The van der Waals surface area contributed by atoms with Crippen molar-refractivity contribution < 1.29 is 13.2 Å². The van der Waals surface area contributed by atoms with Crippen LogP contribution in [0, 0.1) is 0 Å². The molecular formula is C9H15F3. The fourth-order valence-corrected chi connectivity index (χ4v) is 0.823. The van der Waals surface area contributed by atoms with E-state index in [1.165, 1.54) is 0 Å². The number of hydrogen-bond acceptors (Lipinski definition) is 0. The van der Waals surface area contributed by atoms with Gasteiger partial charge in [0.15, 0.2) is 0 Å². The Labute approximate surface area is 71.5 Å². The largest absolute Gasteiger partial charge is 0.389 e. The van der Waals surface area contributed by atoms with Crippen LogP contribution in [0.4, 0.5) is 13.2 Å². The van der Waals surface area contributed by atoms with Crippen LogP contribution in [0.5, 0.6) is 0 Å². The van der Waals surface area contributed by atoms with Crippen molar-refractivity contribution in [3.8, 4) is 0 Å². The van der Waals surface area contributed by atoms with Crippen molar-refractivity contribution in [1.82, 2.24) is 0 Å². The van der Waals surface area contributed by atoms with Crippen molar-refractivity contribution in [3.63, 3.8) is 0 Å². The van der Waals surface area contributed by atoms with Gasteiger partial charge in [0.25, 0.3) is 0 Å². The molecule has 0 nitrogen and oxygen atoms in total. The molecule has 12 heavy (non-hydrogen) atoms. The van der Waals surface area contributed by atoms with Gasteiger partial charge in [-0.15, -0.1) is 0 Å². The molecule has 0 aliphatic rings. The first-order valence-electron chi connectivity index (χ1n) is 4.28. The monoisotopic (exact) mass is 180 g/mol. The average molecular weight is 180 g/mol. The standard InChI is InChI=1S/C9H15F3/c1-2-3-4-5-6-7-8-9(10,11)12/h4-5H,2-3,6-8H2,1H3/b5-4+. The van der Waals surface area contributed by atoms with E-state index in [-0.39, 0.29) is 6.42 Å². The van der Waals surface area contributed by atoms with Crippen molar-refractivity contribution in [2.45, 2.75) is 45.2 Å². The second-order valence-corrected chi connectivity index (χ2v) is 2.77. The molecule has 0 aromatic rings. The van der Waals surface area contributed by atoms with Gasteiger partial charge in [0.2, 0.25) is 0 Å². The Morgan fingerprint density at radius 1 is 1.08 bits per heavy atom. The Hall–Kier alpha value is -0.470. The zero-order valence-electron chi connectivity index (χ0n) is 7.32. The smallest absolute Gasteiger partial charge is 0.171 e. The Morgan fingerprint density at radius 2 is 1.67 bits per heavy atom. The molecule has 0 saturated heterocycles. The Balaban J connectivity index is 3.21. The maximum absolute atomic E-state index is 11.6. The molecule has 0 radical (unpaired) electrons. The summed E-state index contributed by atoms with van der Waals surface area (Å²) < 4.78 is 34.8. The third kappa shape index (κ3) is 9.53. The van der Waals surface area contributed by atoms with E-state index in [1.54, 1.807) is 0 Å². The van der Waals surface area contributed by atoms with Gasteiger partial charge in [-0.1, -0.05) is 25.5 Å². The topological polar surface area (TPSA) is 0 Å². The van der Waals surface area contributed by atoms with Crippen LogP contribution < -0.4 is 0 Å². The summed E-state index contributed by atoms with van der Waals surface area (Å²) >= 11 is 0. The highest BCUT2D eigenvalue weighted by atomic mass is 19.4. The SMILES string of the molecule is CCC/C=C/CCCC(F)(F)F. The molecule has 0 aliphatic heterocycles. The fourth-order valence-electron chi connectivity index (χ4n) is 0.823. The molecule has 0 aromatic carbocycles. The lowest BCUT2D eigenvalue weighted by molar-refractivity contribution is -0.135. The highest BCUT2D eigenvalue weighted by Gasteiger charge is 2.25. The second kappa shape index (κ2) is 6.09. The number of rotatable bonds is 5. The first kappa shape index (κ1) is 11.5. The molecule has 0 fully saturated rings. The van der Waals surface area contributed by atoms with Gasteiger partial charge in [-0.2, -0.15) is 13.2 Å². The molecule has 0 N–H and O–H groups in total. The molecule has 0 amide bonds. The second-order valence-electron chi connectivity index (χ2n) is 2.77. The molecular weight excluding hydrogens is 165 g/mol. The zero-order chi connectivity index (χ0) is 9.45. The third-order valence-electron chi connectivity index (χ3n) is 1.45. The summed E-state index contributed by atoms with van der Waals surface area (Å²) in [5, 5.41) is 0. The Bertz CT molecular complexity index is 124. The summed E-state index contributed by atoms with van der Waals surface area (Å²) in [5.41, 5.74) is 0. The van der Waals surface area contributed by atoms with Gasteiger partial charge in [0, 0.05) is 6.42 Å². The van der Waals surface area contributed by atoms with Gasteiger partial charge in [-0.25, -0.2) is 0 Å². The Morgan fingerprint density at radius 3 is 2.17 bits per heavy atom. The van der Waals surface area contributed by atoms with E-state index in [1.807, 2.05) is 19.1 Å². The summed E-state index contributed by atoms with van der Waals surface area (Å²) in [6.07, 6.45) is 1.89. The normalized spacial score (nSPS) is 12.7. The average Bonchev–Trinajstić information content (AvgIpc) is 1.94. The molecule has 0 unspecified atom stereocenters. The van der Waals surface area contributed by atoms with Crippen LogP contribution in [0.3, 0.4) is 0 Å². The lowest BCUT2D eigenvalue weighted by Gasteiger charge is -2.02. The lowest BCUT2D eigenvalue weighted by atomic mass is 10.2. The number of alkyl halides is 3. The van der Waals surface area contributed by atoms with Crippen LogP contribution in [-0.2, 0) is 0 Å². The lowest BCUT2D eigenvalue weighted by Crippen LogP contribution is -2.05. The summed E-state index contributed by atoms with van der Waals surface area (Å²) in [7, 11) is 0. The van der Waals surface area contributed by atoms with E-state index in [4.69, 9.17) is 0 Å². The van der Waals surface area contributed by atoms with Gasteiger partial charge >= 0.3 is 6.18 Å². The molecule has 0 saturated carbocycles. The number of allylic oxidation sites excluding steroid dienone is 2. The maximum Gasteiger partial charge on any atom is 0.389 e. The van der Waals surface area contributed by atoms with E-state index in [0.29, 0.717) is 6.42 Å². The van der Waals surface area contributed by atoms with Crippen molar-refractivity contribution in [2.75, 3.05) is 0 Å². The predicted octanol–water partition coefficient (Wildman–Crippen LogP) is 4.08. The minimum Gasteiger partial charge on any atom is -0.171 e. The van der Waals surface area contributed by atoms with Gasteiger partial charge in [-0.3, -0.25) is 0 Å². The van der Waals surface area contributed by atoms with E-state index in [0.717, 1.165) is 12.8 Å². The molecule has 0 aliphatic carbocycles. The van der Waals surface area contributed by atoms with Crippen LogP contribution in [0.1, 0.15) is 39.0 Å². The van der Waals surface area contributed by atoms with Crippen molar-refractivity contribution in [2.24, 2.45) is 0 Å². The molecule has 0 aromatic heterocycles. The molecule has 0 bridgehead atoms. The Kier molecular flexibility index (Phi) is 5.85. The highest BCUT2D eigenvalue weighted by Crippen LogP contribution is 2.22. The molecule has 0 heterocycles. The van der Waals surface area contributed by atoms with Crippen LogP contribution >= 0.6 is 0 Å². The molecule has 3 heteroatoms. The predicted molar refractivity (Wildman–Crippen MR) is 44.0 cm³/mol. The van der Waals surface area contributed by atoms with Crippen molar-refractivity contribution in [3.05, 3.63) is 12.2 Å². The van der Waals surface area contributed by atoms with Crippen LogP contribution in [0.2, 0.25) is 0 Å². The third-order valence-corrected chi connectivity index (χ3v) is 1.45. The van der Waals surface area contributed by atoms with Gasteiger partial charge in [0.1, 0.15) is 0 Å². The first-order valence-corrected chi connectivity index (χ1v) is 4.28. The van der Waals surface area contributed by atoms with E-state index in [9.17, 15) is 13.2 Å². The summed E-state index contributed by atoms with van der Waals surface area (Å²) in [6, 6.07) is 0. The van der Waals surface area contributed by atoms with Crippen LogP contribution in [-0.4, -0.2) is 6.18 Å². The zero-order valence-corrected chi connectivity index (χ0v) is 7.32. The number of halogens is 3. The van der Waals surface area contributed by atoms with Gasteiger partial charge in [-0.05, 0) is 19.3 Å². The fraction of sp³-hybridized carbons (Fsp3) is 0.778. The quantitative estimate of drug-likeness (QED) is 0.442. The number of unbranched alkanes of at least 4 members (excludes halogenated alkanes) is 2. The van der Waals surface area contributed by atoms with Gasteiger partial charge < -0.3 is 0 Å². The highest BCUT2D eigenvalue weighted by molar-refractivity contribution is 4.80. The summed E-state index contributed by atoms with van der Waals surface area (Å²) in [5.74, 6) is 0. The molecule has 0 rings (SSSR count). The number of hydrogen-bond donors (Lipinski definition) is 0. The van der Waals surface area contributed by atoms with Gasteiger partial charge in [0.05, 0.1) is 0 Å². The molecule has 72 valence electrons. The molecule has 0 atom stereocenters. The van der Waals surface area contributed by atoms with Crippen molar-refractivity contribution in [1.29, 1.82) is 0 Å².